The molecule has 0 bridgehead atoms. The molecule has 0 aromatic carbocycles. The first-order valence-corrected chi connectivity index (χ1v) is 7.97. The fraction of sp³-hybridized carbons (Fsp3) is 0.938. The largest absolute Gasteiger partial charge is 0.343 e. The molecule has 0 atom stereocenters. The number of rotatable bonds is 4. The molecule has 1 amide bonds. The lowest BCUT2D eigenvalue weighted by atomic mass is 9.75. The van der Waals surface area contributed by atoms with Crippen molar-refractivity contribution in [3.63, 3.8) is 0 Å². The molecule has 0 N–H and O–H groups in total. The lowest BCUT2D eigenvalue weighted by molar-refractivity contribution is -0.127. The molecule has 0 spiro atoms. The van der Waals surface area contributed by atoms with Gasteiger partial charge in [0, 0.05) is 19.5 Å². The van der Waals surface area contributed by atoms with Crippen molar-refractivity contribution in [1.82, 2.24) is 9.80 Å². The summed E-state index contributed by atoms with van der Waals surface area (Å²) in [6, 6.07) is 0. The third-order valence-electron chi connectivity index (χ3n) is 4.89. The van der Waals surface area contributed by atoms with Crippen LogP contribution in [0.3, 0.4) is 0 Å². The van der Waals surface area contributed by atoms with E-state index in [2.05, 4.69) is 25.7 Å². The maximum absolute atomic E-state index is 11.5. The molecule has 2 saturated heterocycles. The SMILES string of the molecule is CC(C)(C)C1CCN(CCCN2CCCC2=O)CC1. The van der Waals surface area contributed by atoms with E-state index in [1.165, 1.54) is 32.5 Å². The van der Waals surface area contributed by atoms with Gasteiger partial charge in [-0.25, -0.2) is 0 Å². The Labute approximate surface area is 118 Å². The zero-order valence-electron chi connectivity index (χ0n) is 13.0. The van der Waals surface area contributed by atoms with Crippen LogP contribution in [0.2, 0.25) is 0 Å². The van der Waals surface area contributed by atoms with Gasteiger partial charge < -0.3 is 9.80 Å². The monoisotopic (exact) mass is 266 g/mol. The van der Waals surface area contributed by atoms with Crippen LogP contribution in [0.4, 0.5) is 0 Å². The molecule has 2 aliphatic rings. The van der Waals surface area contributed by atoms with Gasteiger partial charge in [-0.1, -0.05) is 20.8 Å². The van der Waals surface area contributed by atoms with Crippen LogP contribution >= 0.6 is 0 Å². The van der Waals surface area contributed by atoms with Crippen LogP contribution in [-0.2, 0) is 4.79 Å². The Bertz CT molecular complexity index is 300. The summed E-state index contributed by atoms with van der Waals surface area (Å²) in [6.07, 6.45) is 5.66. The first kappa shape index (κ1) is 14.8. The highest BCUT2D eigenvalue weighted by atomic mass is 16.2. The summed E-state index contributed by atoms with van der Waals surface area (Å²) in [5, 5.41) is 0. The van der Waals surface area contributed by atoms with Crippen molar-refractivity contribution in [1.29, 1.82) is 0 Å². The van der Waals surface area contributed by atoms with Gasteiger partial charge in [0.2, 0.25) is 5.91 Å². The maximum atomic E-state index is 11.5. The normalized spacial score (nSPS) is 23.3. The van der Waals surface area contributed by atoms with Gasteiger partial charge >= 0.3 is 0 Å². The Morgan fingerprint density at radius 2 is 1.79 bits per heavy atom. The van der Waals surface area contributed by atoms with E-state index in [4.69, 9.17) is 0 Å². The number of likely N-dealkylation sites (tertiary alicyclic amines) is 2. The molecule has 0 saturated carbocycles. The summed E-state index contributed by atoms with van der Waals surface area (Å²) in [6.45, 7) is 12.7. The molecular weight excluding hydrogens is 236 g/mol. The predicted octanol–water partition coefficient (Wildman–Crippen LogP) is 2.76. The second-order valence-electron chi connectivity index (χ2n) is 7.32. The topological polar surface area (TPSA) is 23.6 Å². The molecule has 3 nitrogen and oxygen atoms in total. The van der Waals surface area contributed by atoms with Crippen molar-refractivity contribution < 1.29 is 4.79 Å². The Morgan fingerprint density at radius 3 is 2.32 bits per heavy atom. The van der Waals surface area contributed by atoms with Gasteiger partial charge in [0.15, 0.2) is 0 Å². The van der Waals surface area contributed by atoms with Gasteiger partial charge in [-0.3, -0.25) is 4.79 Å². The molecule has 0 aromatic rings. The van der Waals surface area contributed by atoms with Crippen LogP contribution in [0.1, 0.15) is 52.9 Å². The highest BCUT2D eigenvalue weighted by Crippen LogP contribution is 2.34. The third-order valence-corrected chi connectivity index (χ3v) is 4.89. The summed E-state index contributed by atoms with van der Waals surface area (Å²) in [7, 11) is 0. The summed E-state index contributed by atoms with van der Waals surface area (Å²) in [5.41, 5.74) is 0.466. The van der Waals surface area contributed by atoms with E-state index in [1.54, 1.807) is 0 Å². The van der Waals surface area contributed by atoms with Crippen molar-refractivity contribution in [3.05, 3.63) is 0 Å². The molecule has 2 heterocycles. The second kappa shape index (κ2) is 6.25. The molecule has 0 unspecified atom stereocenters. The summed E-state index contributed by atoms with van der Waals surface area (Å²) < 4.78 is 0. The lowest BCUT2D eigenvalue weighted by Crippen LogP contribution is -2.39. The molecule has 0 aliphatic carbocycles. The van der Waals surface area contributed by atoms with E-state index in [0.717, 1.165) is 38.3 Å². The van der Waals surface area contributed by atoms with Crippen molar-refractivity contribution >= 4 is 5.91 Å². The molecule has 0 aromatic heterocycles. The highest BCUT2D eigenvalue weighted by Gasteiger charge is 2.28. The van der Waals surface area contributed by atoms with Gasteiger partial charge in [-0.2, -0.15) is 0 Å². The molecule has 2 fully saturated rings. The molecule has 3 heteroatoms. The number of piperidine rings is 1. The van der Waals surface area contributed by atoms with Gasteiger partial charge in [0.1, 0.15) is 0 Å². The number of hydrogen-bond acceptors (Lipinski definition) is 2. The van der Waals surface area contributed by atoms with Gasteiger partial charge in [-0.15, -0.1) is 0 Å². The Kier molecular flexibility index (Phi) is 4.88. The van der Waals surface area contributed by atoms with Crippen molar-refractivity contribution in [3.8, 4) is 0 Å². The third kappa shape index (κ3) is 4.20. The molecule has 0 radical (unpaired) electrons. The van der Waals surface area contributed by atoms with Crippen LogP contribution in [0.15, 0.2) is 0 Å². The zero-order chi connectivity index (χ0) is 13.9. The first-order chi connectivity index (χ1) is 8.97. The maximum Gasteiger partial charge on any atom is 0.222 e. The van der Waals surface area contributed by atoms with E-state index in [0.29, 0.717) is 11.3 Å². The Morgan fingerprint density at radius 1 is 1.11 bits per heavy atom. The summed E-state index contributed by atoms with van der Waals surface area (Å²) in [4.78, 5) is 16.2. The van der Waals surface area contributed by atoms with Crippen LogP contribution in [-0.4, -0.2) is 48.4 Å². The molecule has 19 heavy (non-hydrogen) atoms. The number of carbonyl (C=O) groups is 1. The van der Waals surface area contributed by atoms with Crippen molar-refractivity contribution in [2.45, 2.75) is 52.9 Å². The number of carbonyl (C=O) groups excluding carboxylic acids is 1. The van der Waals surface area contributed by atoms with E-state index in [-0.39, 0.29) is 0 Å². The van der Waals surface area contributed by atoms with Crippen LogP contribution in [0.5, 0.6) is 0 Å². The van der Waals surface area contributed by atoms with E-state index >= 15 is 0 Å². The van der Waals surface area contributed by atoms with E-state index < -0.39 is 0 Å². The van der Waals surface area contributed by atoms with Gasteiger partial charge in [0.05, 0.1) is 0 Å². The number of nitrogens with zero attached hydrogens (tertiary/aromatic N) is 2. The van der Waals surface area contributed by atoms with Gasteiger partial charge in [0.25, 0.3) is 0 Å². The minimum Gasteiger partial charge on any atom is -0.343 e. The van der Waals surface area contributed by atoms with Gasteiger partial charge in [-0.05, 0) is 56.7 Å². The lowest BCUT2D eigenvalue weighted by Gasteiger charge is -2.38. The zero-order valence-corrected chi connectivity index (χ0v) is 13.0. The first-order valence-electron chi connectivity index (χ1n) is 7.97. The average Bonchev–Trinajstić information content (AvgIpc) is 2.75. The standard InChI is InChI=1S/C16H30N2O/c1-16(2,3)14-7-12-17(13-8-14)9-5-11-18-10-4-6-15(18)19/h14H,4-13H2,1-3H3. The van der Waals surface area contributed by atoms with Crippen LogP contribution < -0.4 is 0 Å². The van der Waals surface area contributed by atoms with Crippen LogP contribution in [0, 0.1) is 11.3 Å². The second-order valence-corrected chi connectivity index (χ2v) is 7.32. The van der Waals surface area contributed by atoms with Crippen LogP contribution in [0.25, 0.3) is 0 Å². The number of amides is 1. The number of hydrogen-bond donors (Lipinski definition) is 0. The van der Waals surface area contributed by atoms with Crippen molar-refractivity contribution in [2.75, 3.05) is 32.7 Å². The molecule has 2 rings (SSSR count). The smallest absolute Gasteiger partial charge is 0.222 e. The Balaban J connectivity index is 1.62. The summed E-state index contributed by atoms with van der Waals surface area (Å²) in [5.74, 6) is 1.25. The van der Waals surface area contributed by atoms with E-state index in [1.807, 2.05) is 4.90 Å². The predicted molar refractivity (Wildman–Crippen MR) is 79.1 cm³/mol. The highest BCUT2D eigenvalue weighted by molar-refractivity contribution is 5.77. The average molecular weight is 266 g/mol. The molecule has 2 aliphatic heterocycles. The quantitative estimate of drug-likeness (QED) is 0.781. The fourth-order valence-corrected chi connectivity index (χ4v) is 3.45. The minimum absolute atomic E-state index is 0.367. The molecule has 110 valence electrons. The fourth-order valence-electron chi connectivity index (χ4n) is 3.45. The minimum atomic E-state index is 0.367. The van der Waals surface area contributed by atoms with Crippen molar-refractivity contribution in [2.24, 2.45) is 11.3 Å². The molecular formula is C16H30N2O. The van der Waals surface area contributed by atoms with E-state index in [9.17, 15) is 4.79 Å². The summed E-state index contributed by atoms with van der Waals surface area (Å²) >= 11 is 0. The Hall–Kier alpha value is -0.570.